The van der Waals surface area contributed by atoms with Gasteiger partial charge in [0.15, 0.2) is 5.11 Å². The SMILES string of the molecule is Cc1ccc(C)c(NC(=S)NNc2ccc([N+](=O)[O-])cc2S(=O)(=O)Nc2ccccc2C(=O)O)c1. The van der Waals surface area contributed by atoms with Crippen LogP contribution in [0.5, 0.6) is 0 Å². The Bertz CT molecular complexity index is 1430. The van der Waals surface area contributed by atoms with E-state index in [4.69, 9.17) is 12.2 Å². The number of carbonyl (C=O) groups is 1. The third-order valence-electron chi connectivity index (χ3n) is 4.82. The number of sulfonamides is 1. The van der Waals surface area contributed by atoms with Crippen LogP contribution in [-0.4, -0.2) is 29.5 Å². The van der Waals surface area contributed by atoms with Gasteiger partial charge in [-0.25, -0.2) is 13.2 Å². The van der Waals surface area contributed by atoms with Crippen LogP contribution in [0.15, 0.2) is 65.6 Å². The van der Waals surface area contributed by atoms with E-state index in [0.717, 1.165) is 28.9 Å². The van der Waals surface area contributed by atoms with Crippen molar-refractivity contribution in [3.05, 3.63) is 87.5 Å². The van der Waals surface area contributed by atoms with Crippen molar-refractivity contribution in [1.82, 2.24) is 5.43 Å². The minimum Gasteiger partial charge on any atom is -0.478 e. The number of non-ortho nitro benzene ring substituents is 1. The maximum absolute atomic E-state index is 13.1. The number of aryl methyl sites for hydroxylation is 2. The fourth-order valence-electron chi connectivity index (χ4n) is 3.06. The first kappa shape index (κ1) is 25.4. The molecule has 3 aromatic rings. The number of nitrogens with one attached hydrogen (secondary N) is 4. The van der Waals surface area contributed by atoms with Crippen molar-refractivity contribution in [3.63, 3.8) is 0 Å². The molecule has 0 saturated heterocycles. The van der Waals surface area contributed by atoms with Crippen molar-refractivity contribution in [3.8, 4) is 0 Å². The fourth-order valence-corrected chi connectivity index (χ4v) is 4.48. The molecular weight excluding hydrogens is 494 g/mol. The summed E-state index contributed by atoms with van der Waals surface area (Å²) in [5.74, 6) is -1.34. The van der Waals surface area contributed by atoms with Gasteiger partial charge in [-0.15, -0.1) is 0 Å². The van der Waals surface area contributed by atoms with E-state index in [2.05, 4.69) is 20.9 Å². The standard InChI is InChI=1S/C22H21N5O6S2/c1-13-7-8-14(2)19(11-13)23-22(34)25-24-18-10-9-15(27(30)31)12-20(18)35(32,33)26-17-6-4-3-5-16(17)21(28)29/h3-12,24,26H,1-2H3,(H,28,29)(H2,23,25,34). The average Bonchev–Trinajstić information content (AvgIpc) is 2.80. The predicted octanol–water partition coefficient (Wildman–Crippen LogP) is 4.02. The first-order valence-corrected chi connectivity index (χ1v) is 11.9. The van der Waals surface area contributed by atoms with Crippen LogP contribution in [0.3, 0.4) is 0 Å². The van der Waals surface area contributed by atoms with Crippen LogP contribution in [0, 0.1) is 24.0 Å². The monoisotopic (exact) mass is 515 g/mol. The Hall–Kier alpha value is -4.23. The van der Waals surface area contributed by atoms with Gasteiger partial charge < -0.3 is 10.4 Å². The molecule has 0 atom stereocenters. The maximum Gasteiger partial charge on any atom is 0.337 e. The summed E-state index contributed by atoms with van der Waals surface area (Å²) in [4.78, 5) is 21.5. The number of nitrogens with zero attached hydrogens (tertiary/aromatic N) is 1. The van der Waals surface area contributed by atoms with Gasteiger partial charge in [0.2, 0.25) is 0 Å². The number of anilines is 3. The Labute approximate surface area is 206 Å². The molecule has 35 heavy (non-hydrogen) atoms. The number of para-hydroxylation sites is 1. The summed E-state index contributed by atoms with van der Waals surface area (Å²) in [6, 6.07) is 14.3. The second kappa shape index (κ2) is 10.4. The molecule has 0 fully saturated rings. The number of nitro benzene ring substituents is 1. The lowest BCUT2D eigenvalue weighted by atomic mass is 10.1. The molecule has 3 aromatic carbocycles. The minimum atomic E-state index is -4.46. The van der Waals surface area contributed by atoms with Gasteiger partial charge >= 0.3 is 5.97 Å². The van der Waals surface area contributed by atoms with Crippen LogP contribution in [-0.2, 0) is 10.0 Å². The van der Waals surface area contributed by atoms with Crippen molar-refractivity contribution in [2.24, 2.45) is 0 Å². The minimum absolute atomic E-state index is 0.0546. The molecule has 0 unspecified atom stereocenters. The summed E-state index contributed by atoms with van der Waals surface area (Å²) in [5, 5.41) is 23.7. The van der Waals surface area contributed by atoms with Crippen LogP contribution in [0.1, 0.15) is 21.5 Å². The van der Waals surface area contributed by atoms with Crippen molar-refractivity contribution >= 4 is 56.1 Å². The lowest BCUT2D eigenvalue weighted by molar-refractivity contribution is -0.385. The summed E-state index contributed by atoms with van der Waals surface area (Å²) in [6.07, 6.45) is 0. The van der Waals surface area contributed by atoms with Gasteiger partial charge in [0.25, 0.3) is 15.7 Å². The average molecular weight is 516 g/mol. The summed E-state index contributed by atoms with van der Waals surface area (Å²) in [7, 11) is -4.46. The van der Waals surface area contributed by atoms with Crippen LogP contribution >= 0.6 is 12.2 Å². The summed E-state index contributed by atoms with van der Waals surface area (Å²) >= 11 is 5.27. The van der Waals surface area contributed by atoms with Crippen LogP contribution in [0.25, 0.3) is 0 Å². The smallest absolute Gasteiger partial charge is 0.337 e. The number of carboxylic acids is 1. The van der Waals surface area contributed by atoms with E-state index in [1.54, 1.807) is 0 Å². The van der Waals surface area contributed by atoms with Gasteiger partial charge in [0.05, 0.1) is 21.9 Å². The Morgan fingerprint density at radius 1 is 1.00 bits per heavy atom. The Morgan fingerprint density at radius 2 is 1.71 bits per heavy atom. The molecule has 5 N–H and O–H groups in total. The molecule has 0 aliphatic heterocycles. The number of aromatic carboxylic acids is 1. The van der Waals surface area contributed by atoms with Crippen LogP contribution in [0.4, 0.5) is 22.7 Å². The Morgan fingerprint density at radius 3 is 2.40 bits per heavy atom. The van der Waals surface area contributed by atoms with E-state index in [0.29, 0.717) is 0 Å². The highest BCUT2D eigenvalue weighted by Gasteiger charge is 2.24. The molecule has 3 rings (SSSR count). The lowest BCUT2D eigenvalue weighted by Crippen LogP contribution is -2.34. The van der Waals surface area contributed by atoms with E-state index in [1.807, 2.05) is 32.0 Å². The molecule has 0 heterocycles. The molecular formula is C22H21N5O6S2. The van der Waals surface area contributed by atoms with Gasteiger partial charge in [0, 0.05) is 17.8 Å². The van der Waals surface area contributed by atoms with Crippen molar-refractivity contribution in [2.45, 2.75) is 18.7 Å². The van der Waals surface area contributed by atoms with Gasteiger partial charge in [-0.2, -0.15) is 0 Å². The first-order chi connectivity index (χ1) is 16.5. The van der Waals surface area contributed by atoms with Crippen molar-refractivity contribution < 1.29 is 23.2 Å². The second-order valence-corrected chi connectivity index (χ2v) is 9.48. The van der Waals surface area contributed by atoms with Gasteiger partial charge in [0.1, 0.15) is 4.90 Å². The highest BCUT2D eigenvalue weighted by Crippen LogP contribution is 2.29. The molecule has 0 aromatic heterocycles. The van der Waals surface area contributed by atoms with Crippen LogP contribution < -0.4 is 20.9 Å². The van der Waals surface area contributed by atoms with Gasteiger partial charge in [-0.1, -0.05) is 24.3 Å². The second-order valence-electron chi connectivity index (χ2n) is 7.42. The Kier molecular flexibility index (Phi) is 7.52. The van der Waals surface area contributed by atoms with Gasteiger partial charge in [-0.3, -0.25) is 25.7 Å². The normalized spacial score (nSPS) is 10.8. The zero-order valence-electron chi connectivity index (χ0n) is 18.5. The number of hydrogen-bond acceptors (Lipinski definition) is 7. The summed E-state index contributed by atoms with van der Waals surface area (Å²) in [6.45, 7) is 3.81. The molecule has 11 nitrogen and oxygen atoms in total. The quantitative estimate of drug-likeness (QED) is 0.168. The van der Waals surface area contributed by atoms with Crippen molar-refractivity contribution in [1.29, 1.82) is 0 Å². The maximum atomic E-state index is 13.1. The topological polar surface area (TPSA) is 163 Å². The highest BCUT2D eigenvalue weighted by molar-refractivity contribution is 7.93. The third-order valence-corrected chi connectivity index (χ3v) is 6.43. The third kappa shape index (κ3) is 6.22. The number of carboxylic acid groups (broad SMARTS) is 1. The lowest BCUT2D eigenvalue weighted by Gasteiger charge is -2.17. The van der Waals surface area contributed by atoms with E-state index < -0.39 is 31.5 Å². The number of thiocarbonyl (C=S) groups is 1. The van der Waals surface area contributed by atoms with E-state index in [9.17, 15) is 28.4 Å². The number of hydrazine groups is 1. The molecule has 13 heteroatoms. The number of nitro groups is 1. The van der Waals surface area contributed by atoms with Crippen molar-refractivity contribution in [2.75, 3.05) is 15.5 Å². The molecule has 0 saturated carbocycles. The number of benzene rings is 3. The summed E-state index contributed by atoms with van der Waals surface area (Å²) < 4.78 is 28.5. The zero-order valence-corrected chi connectivity index (χ0v) is 20.2. The molecule has 182 valence electrons. The molecule has 0 amide bonds. The first-order valence-electron chi connectivity index (χ1n) is 10.0. The molecule has 0 spiro atoms. The highest BCUT2D eigenvalue weighted by atomic mass is 32.2. The van der Waals surface area contributed by atoms with E-state index >= 15 is 0 Å². The van der Waals surface area contributed by atoms with Crippen LogP contribution in [0.2, 0.25) is 0 Å². The van der Waals surface area contributed by atoms with Gasteiger partial charge in [-0.05, 0) is 61.5 Å². The molecule has 0 aliphatic carbocycles. The Balaban J connectivity index is 1.89. The number of rotatable bonds is 8. The number of hydrogen-bond donors (Lipinski definition) is 5. The zero-order chi connectivity index (χ0) is 25.8. The molecule has 0 bridgehead atoms. The fraction of sp³-hybridized carbons (Fsp3) is 0.0909. The van der Waals surface area contributed by atoms with E-state index in [-0.39, 0.29) is 22.1 Å². The largest absolute Gasteiger partial charge is 0.478 e. The molecule has 0 radical (unpaired) electrons. The van der Waals surface area contributed by atoms with E-state index in [1.165, 1.54) is 30.3 Å². The predicted molar refractivity (Wildman–Crippen MR) is 136 cm³/mol. The summed E-state index contributed by atoms with van der Waals surface area (Å²) in [5.41, 5.74) is 6.98. The molecule has 0 aliphatic rings.